The molecule has 0 amide bonds. The van der Waals surface area contributed by atoms with Gasteiger partial charge in [-0.2, -0.15) is 15.2 Å². The van der Waals surface area contributed by atoms with Gasteiger partial charge in [-0.15, -0.1) is 0 Å². The van der Waals surface area contributed by atoms with Gasteiger partial charge in [-0.1, -0.05) is 41.4 Å². The third kappa shape index (κ3) is 5.29. The molecule has 0 saturated heterocycles. The number of nitrogens with one attached hydrogen (secondary N) is 2. The predicted molar refractivity (Wildman–Crippen MR) is 106 cm³/mol. The van der Waals surface area contributed by atoms with Crippen LogP contribution in [0.3, 0.4) is 0 Å². The number of hydrogen-bond donors (Lipinski definition) is 2. The molecule has 2 aromatic carbocycles. The van der Waals surface area contributed by atoms with Crippen molar-refractivity contribution in [3.63, 3.8) is 0 Å². The molecular weight excluding hydrogens is 389 g/mol. The molecule has 0 atom stereocenters. The van der Waals surface area contributed by atoms with Gasteiger partial charge in [0.25, 0.3) is 0 Å². The smallest absolute Gasteiger partial charge is 0.363 e. The average Bonchev–Trinajstić information content (AvgIpc) is 2.64. The van der Waals surface area contributed by atoms with Gasteiger partial charge in [0.2, 0.25) is 0 Å². The molecule has 9 heteroatoms. The fourth-order valence-corrected chi connectivity index (χ4v) is 2.61. The SMILES string of the molecule is Cc1n[nH]c(=O)nc1NN=Cc1cccc(OCc2ccc(Cl)cc2Cl)c1. The van der Waals surface area contributed by atoms with Crippen molar-refractivity contribution in [1.29, 1.82) is 0 Å². The topological polar surface area (TPSA) is 92.3 Å². The lowest BCUT2D eigenvalue weighted by atomic mass is 10.2. The summed E-state index contributed by atoms with van der Waals surface area (Å²) in [7, 11) is 0. The lowest BCUT2D eigenvalue weighted by Gasteiger charge is -2.08. The zero-order chi connectivity index (χ0) is 19.2. The Kier molecular flexibility index (Phi) is 6.05. The van der Waals surface area contributed by atoms with Crippen LogP contribution in [0.2, 0.25) is 10.0 Å². The van der Waals surface area contributed by atoms with E-state index in [0.717, 1.165) is 11.1 Å². The van der Waals surface area contributed by atoms with Gasteiger partial charge in [0.15, 0.2) is 5.82 Å². The molecule has 0 spiro atoms. The molecule has 2 N–H and O–H groups in total. The summed E-state index contributed by atoms with van der Waals surface area (Å²) in [6.07, 6.45) is 1.59. The number of anilines is 1. The average molecular weight is 404 g/mol. The third-order valence-corrected chi connectivity index (χ3v) is 4.11. The Bertz CT molecular complexity index is 1040. The van der Waals surface area contributed by atoms with E-state index in [1.807, 2.05) is 30.3 Å². The molecule has 0 unspecified atom stereocenters. The van der Waals surface area contributed by atoms with Crippen LogP contribution >= 0.6 is 23.2 Å². The van der Waals surface area contributed by atoms with Crippen LogP contribution in [-0.2, 0) is 6.61 Å². The quantitative estimate of drug-likeness (QED) is 0.482. The zero-order valence-corrected chi connectivity index (χ0v) is 15.8. The van der Waals surface area contributed by atoms with E-state index in [0.29, 0.717) is 33.9 Å². The molecule has 0 aliphatic rings. The minimum absolute atomic E-state index is 0.291. The number of halogens is 2. The Morgan fingerprint density at radius 2 is 2.11 bits per heavy atom. The molecular formula is C18H15Cl2N5O2. The summed E-state index contributed by atoms with van der Waals surface area (Å²) in [6, 6.07) is 12.6. The van der Waals surface area contributed by atoms with Gasteiger partial charge in [-0.05, 0) is 36.8 Å². The molecule has 3 rings (SSSR count). The van der Waals surface area contributed by atoms with Crippen molar-refractivity contribution in [1.82, 2.24) is 15.2 Å². The summed E-state index contributed by atoms with van der Waals surface area (Å²) < 4.78 is 5.78. The summed E-state index contributed by atoms with van der Waals surface area (Å²) in [5.74, 6) is 0.955. The number of aromatic amines is 1. The highest BCUT2D eigenvalue weighted by molar-refractivity contribution is 6.35. The Labute approximate surface area is 165 Å². The summed E-state index contributed by atoms with van der Waals surface area (Å²) in [4.78, 5) is 15.0. The first-order chi connectivity index (χ1) is 13.0. The molecule has 0 bridgehead atoms. The second-order valence-electron chi connectivity index (χ2n) is 5.54. The van der Waals surface area contributed by atoms with Crippen molar-refractivity contribution in [2.24, 2.45) is 5.10 Å². The van der Waals surface area contributed by atoms with Gasteiger partial charge >= 0.3 is 5.69 Å². The maximum atomic E-state index is 11.2. The van der Waals surface area contributed by atoms with Crippen LogP contribution in [0.4, 0.5) is 5.82 Å². The Morgan fingerprint density at radius 1 is 1.26 bits per heavy atom. The number of H-pyrrole nitrogens is 1. The van der Waals surface area contributed by atoms with Crippen molar-refractivity contribution in [2.75, 3.05) is 5.43 Å². The maximum Gasteiger partial charge on any atom is 0.363 e. The number of aromatic nitrogens is 3. The molecule has 7 nitrogen and oxygen atoms in total. The molecule has 0 aliphatic carbocycles. The maximum absolute atomic E-state index is 11.2. The lowest BCUT2D eigenvalue weighted by Crippen LogP contribution is -2.15. The second kappa shape index (κ2) is 8.66. The Hall–Kier alpha value is -2.90. The van der Waals surface area contributed by atoms with E-state index in [9.17, 15) is 4.79 Å². The minimum Gasteiger partial charge on any atom is -0.489 e. The van der Waals surface area contributed by atoms with E-state index in [1.54, 1.807) is 25.3 Å². The number of hydrogen-bond acceptors (Lipinski definition) is 6. The highest BCUT2D eigenvalue weighted by Gasteiger charge is 2.03. The van der Waals surface area contributed by atoms with E-state index in [4.69, 9.17) is 27.9 Å². The first-order valence-corrected chi connectivity index (χ1v) is 8.66. The zero-order valence-electron chi connectivity index (χ0n) is 14.2. The number of ether oxygens (including phenoxy) is 1. The van der Waals surface area contributed by atoms with Crippen molar-refractivity contribution in [3.8, 4) is 5.75 Å². The van der Waals surface area contributed by atoms with E-state index < -0.39 is 5.69 Å². The fourth-order valence-electron chi connectivity index (χ4n) is 2.15. The van der Waals surface area contributed by atoms with Crippen molar-refractivity contribution in [2.45, 2.75) is 13.5 Å². The van der Waals surface area contributed by atoms with Crippen LogP contribution in [0.5, 0.6) is 5.75 Å². The van der Waals surface area contributed by atoms with Gasteiger partial charge in [0.05, 0.1) is 6.21 Å². The summed E-state index contributed by atoms with van der Waals surface area (Å²) in [6.45, 7) is 2.02. The lowest BCUT2D eigenvalue weighted by molar-refractivity contribution is 0.306. The normalized spacial score (nSPS) is 10.9. The first-order valence-electron chi connectivity index (χ1n) is 7.90. The summed E-state index contributed by atoms with van der Waals surface area (Å²) >= 11 is 12.0. The van der Waals surface area contributed by atoms with Crippen LogP contribution in [0.15, 0.2) is 52.4 Å². The number of nitrogens with zero attached hydrogens (tertiary/aromatic N) is 3. The Morgan fingerprint density at radius 3 is 2.93 bits per heavy atom. The standard InChI is InChI=1S/C18H15Cl2N5O2/c1-11-17(22-18(26)25-23-11)24-21-9-12-3-2-4-15(7-12)27-10-13-5-6-14(19)8-16(13)20/h2-9H,10H2,1H3,(H2,22,24,25,26). The van der Waals surface area contributed by atoms with Crippen molar-refractivity contribution < 1.29 is 4.74 Å². The first kappa shape index (κ1) is 18.9. The minimum atomic E-state index is -0.547. The molecule has 1 aromatic heterocycles. The van der Waals surface area contributed by atoms with Gasteiger partial charge in [-0.3, -0.25) is 5.43 Å². The number of rotatable bonds is 6. The fraction of sp³-hybridized carbons (Fsp3) is 0.111. The van der Waals surface area contributed by atoms with Crippen LogP contribution in [0, 0.1) is 6.92 Å². The van der Waals surface area contributed by atoms with Gasteiger partial charge in [0, 0.05) is 15.6 Å². The number of hydrazone groups is 1. The Balaban J connectivity index is 1.64. The van der Waals surface area contributed by atoms with Crippen LogP contribution in [0.25, 0.3) is 0 Å². The molecule has 0 radical (unpaired) electrons. The molecule has 1 heterocycles. The van der Waals surface area contributed by atoms with Gasteiger partial charge in [-0.25, -0.2) is 9.89 Å². The van der Waals surface area contributed by atoms with E-state index in [2.05, 4.69) is 25.7 Å². The highest BCUT2D eigenvalue weighted by atomic mass is 35.5. The number of aryl methyl sites for hydroxylation is 1. The second-order valence-corrected chi connectivity index (χ2v) is 6.39. The number of benzene rings is 2. The summed E-state index contributed by atoms with van der Waals surface area (Å²) in [5.41, 5.74) is 4.32. The largest absolute Gasteiger partial charge is 0.489 e. The molecule has 0 fully saturated rings. The van der Waals surface area contributed by atoms with E-state index in [-0.39, 0.29) is 0 Å². The van der Waals surface area contributed by atoms with E-state index >= 15 is 0 Å². The predicted octanol–water partition coefficient (Wildman–Crippen LogP) is 3.81. The monoisotopic (exact) mass is 403 g/mol. The third-order valence-electron chi connectivity index (χ3n) is 3.53. The van der Waals surface area contributed by atoms with Gasteiger partial charge in [0.1, 0.15) is 18.1 Å². The summed E-state index contributed by atoms with van der Waals surface area (Å²) in [5, 5.41) is 11.3. The molecule has 138 valence electrons. The van der Waals surface area contributed by atoms with E-state index in [1.165, 1.54) is 0 Å². The van der Waals surface area contributed by atoms with Crippen LogP contribution in [0.1, 0.15) is 16.8 Å². The molecule has 0 saturated carbocycles. The van der Waals surface area contributed by atoms with Crippen LogP contribution in [-0.4, -0.2) is 21.4 Å². The van der Waals surface area contributed by atoms with Gasteiger partial charge < -0.3 is 4.74 Å². The van der Waals surface area contributed by atoms with Crippen LogP contribution < -0.4 is 15.9 Å². The van der Waals surface area contributed by atoms with Crippen molar-refractivity contribution >= 4 is 35.2 Å². The highest BCUT2D eigenvalue weighted by Crippen LogP contribution is 2.23. The van der Waals surface area contributed by atoms with Crippen molar-refractivity contribution in [3.05, 3.63) is 79.8 Å². The molecule has 3 aromatic rings. The molecule has 0 aliphatic heterocycles. The molecule has 27 heavy (non-hydrogen) atoms.